The molecule has 0 heterocycles. The highest BCUT2D eigenvalue weighted by Crippen LogP contribution is 2.32. The first-order chi connectivity index (χ1) is 7.46. The minimum Gasteiger partial charge on any atom is -0.229 e. The van der Waals surface area contributed by atoms with Gasteiger partial charge >= 0.3 is 0 Å². The molecule has 0 aliphatic heterocycles. The molecule has 0 saturated carbocycles. The molecule has 0 N–H and O–H groups in total. The molecule has 0 aliphatic carbocycles. The Morgan fingerprint density at radius 1 is 1.25 bits per heavy atom. The molecule has 0 aromatic heterocycles. The molecule has 0 amide bonds. The van der Waals surface area contributed by atoms with Gasteiger partial charge in [0.15, 0.2) is 9.84 Å². The lowest BCUT2D eigenvalue weighted by atomic mass is 10.1. The minimum atomic E-state index is -3.02. The van der Waals surface area contributed by atoms with Gasteiger partial charge in [-0.2, -0.15) is 0 Å². The van der Waals surface area contributed by atoms with Crippen molar-refractivity contribution in [1.82, 2.24) is 0 Å². The Labute approximate surface area is 106 Å². The molecule has 0 aliphatic rings. The largest absolute Gasteiger partial charge is 0.229 e. The van der Waals surface area contributed by atoms with Crippen molar-refractivity contribution in [3.8, 4) is 0 Å². The Bertz CT molecular complexity index is 414. The monoisotopic (exact) mass is 304 g/mol. The van der Waals surface area contributed by atoms with E-state index in [0.29, 0.717) is 6.42 Å². The number of halogens is 1. The molecule has 1 aromatic rings. The van der Waals surface area contributed by atoms with Crippen molar-refractivity contribution < 1.29 is 8.42 Å². The van der Waals surface area contributed by atoms with Gasteiger partial charge in [0, 0.05) is 6.26 Å². The molecular weight excluding hydrogens is 288 g/mol. The predicted molar refractivity (Wildman–Crippen MR) is 71.6 cm³/mol. The zero-order valence-electron chi connectivity index (χ0n) is 9.56. The Kier molecular flexibility index (Phi) is 4.99. The third-order valence-electron chi connectivity index (χ3n) is 2.57. The Morgan fingerprint density at radius 2 is 1.81 bits per heavy atom. The van der Waals surface area contributed by atoms with Crippen molar-refractivity contribution in [3.05, 3.63) is 35.9 Å². The van der Waals surface area contributed by atoms with Crippen molar-refractivity contribution in [2.75, 3.05) is 6.26 Å². The average molecular weight is 305 g/mol. The van der Waals surface area contributed by atoms with Gasteiger partial charge in [-0.3, -0.25) is 0 Å². The van der Waals surface area contributed by atoms with E-state index in [4.69, 9.17) is 0 Å². The summed E-state index contributed by atoms with van der Waals surface area (Å²) in [5.74, 6) is 0. The second kappa shape index (κ2) is 5.82. The molecule has 0 saturated heterocycles. The SMILES string of the molecule is CCCC(C(Br)c1ccccc1)S(C)(=O)=O. The first kappa shape index (κ1) is 13.7. The summed E-state index contributed by atoms with van der Waals surface area (Å²) in [6, 6.07) is 9.68. The van der Waals surface area contributed by atoms with Crippen LogP contribution in [0, 0.1) is 0 Å². The molecule has 1 rings (SSSR count). The van der Waals surface area contributed by atoms with Crippen molar-refractivity contribution in [3.63, 3.8) is 0 Å². The van der Waals surface area contributed by atoms with Crippen LogP contribution in [0.1, 0.15) is 30.2 Å². The number of hydrogen-bond acceptors (Lipinski definition) is 2. The van der Waals surface area contributed by atoms with Crippen molar-refractivity contribution >= 4 is 25.8 Å². The second-order valence-corrected chi connectivity index (χ2v) is 7.22. The Balaban J connectivity index is 2.97. The van der Waals surface area contributed by atoms with Gasteiger partial charge in [0.25, 0.3) is 0 Å². The number of benzene rings is 1. The summed E-state index contributed by atoms with van der Waals surface area (Å²) in [7, 11) is -3.02. The maximum atomic E-state index is 11.7. The van der Waals surface area contributed by atoms with Gasteiger partial charge in [-0.15, -0.1) is 0 Å². The van der Waals surface area contributed by atoms with Crippen LogP contribution in [0.25, 0.3) is 0 Å². The first-order valence-corrected chi connectivity index (χ1v) is 8.21. The van der Waals surface area contributed by atoms with Gasteiger partial charge in [-0.25, -0.2) is 8.42 Å². The molecule has 0 bridgehead atoms. The molecule has 2 nitrogen and oxygen atoms in total. The first-order valence-electron chi connectivity index (χ1n) is 5.34. The summed E-state index contributed by atoms with van der Waals surface area (Å²) in [6.45, 7) is 2.00. The summed E-state index contributed by atoms with van der Waals surface area (Å²) in [5, 5.41) is -0.347. The fourth-order valence-electron chi connectivity index (χ4n) is 1.71. The third kappa shape index (κ3) is 3.59. The topological polar surface area (TPSA) is 34.1 Å². The summed E-state index contributed by atoms with van der Waals surface area (Å²) >= 11 is 3.51. The van der Waals surface area contributed by atoms with E-state index in [9.17, 15) is 8.42 Å². The lowest BCUT2D eigenvalue weighted by Gasteiger charge is -2.20. The molecule has 0 fully saturated rings. The molecule has 0 spiro atoms. The lowest BCUT2D eigenvalue weighted by Crippen LogP contribution is -2.24. The van der Waals surface area contributed by atoms with Crippen LogP contribution >= 0.6 is 15.9 Å². The van der Waals surface area contributed by atoms with Gasteiger partial charge in [0.2, 0.25) is 0 Å². The normalized spacial score (nSPS) is 15.7. The maximum absolute atomic E-state index is 11.7. The van der Waals surface area contributed by atoms with Crippen LogP contribution < -0.4 is 0 Å². The molecule has 1 aromatic carbocycles. The number of rotatable bonds is 5. The zero-order valence-corrected chi connectivity index (χ0v) is 12.0. The predicted octanol–water partition coefficient (Wildman–Crippen LogP) is 3.34. The summed E-state index contributed by atoms with van der Waals surface area (Å²) in [6.07, 6.45) is 2.86. The van der Waals surface area contributed by atoms with Crippen LogP contribution in [-0.4, -0.2) is 19.9 Å². The molecular formula is C12H17BrO2S. The van der Waals surface area contributed by atoms with Crippen molar-refractivity contribution in [1.29, 1.82) is 0 Å². The molecule has 2 atom stereocenters. The number of alkyl halides is 1. The van der Waals surface area contributed by atoms with E-state index in [1.807, 2.05) is 37.3 Å². The quantitative estimate of drug-likeness (QED) is 0.782. The van der Waals surface area contributed by atoms with Crippen LogP contribution in [-0.2, 0) is 9.84 Å². The van der Waals surface area contributed by atoms with E-state index in [0.717, 1.165) is 12.0 Å². The van der Waals surface area contributed by atoms with Gasteiger partial charge in [-0.1, -0.05) is 59.6 Å². The third-order valence-corrected chi connectivity index (χ3v) is 5.69. The standard InChI is InChI=1S/C12H17BrO2S/c1-3-7-11(16(2,14)15)12(13)10-8-5-4-6-9-10/h4-6,8-9,11-12H,3,7H2,1-2H3. The molecule has 4 heteroatoms. The van der Waals surface area contributed by atoms with Gasteiger partial charge in [-0.05, 0) is 12.0 Å². The maximum Gasteiger partial charge on any atom is 0.151 e. The Hall–Kier alpha value is -0.350. The number of hydrogen-bond donors (Lipinski definition) is 0. The van der Waals surface area contributed by atoms with Crippen LogP contribution in [0.5, 0.6) is 0 Å². The highest BCUT2D eigenvalue weighted by molar-refractivity contribution is 9.09. The fraction of sp³-hybridized carbons (Fsp3) is 0.500. The number of sulfone groups is 1. The average Bonchev–Trinajstić information content (AvgIpc) is 2.25. The second-order valence-electron chi connectivity index (χ2n) is 3.97. The minimum absolute atomic E-state index is 0.122. The highest BCUT2D eigenvalue weighted by Gasteiger charge is 2.28. The van der Waals surface area contributed by atoms with Crippen LogP contribution in [0.2, 0.25) is 0 Å². The van der Waals surface area contributed by atoms with E-state index in [1.54, 1.807) is 0 Å². The lowest BCUT2D eigenvalue weighted by molar-refractivity contribution is 0.572. The smallest absolute Gasteiger partial charge is 0.151 e. The van der Waals surface area contributed by atoms with E-state index < -0.39 is 9.84 Å². The van der Waals surface area contributed by atoms with Crippen LogP contribution in [0.3, 0.4) is 0 Å². The molecule has 2 unspecified atom stereocenters. The summed E-state index contributed by atoms with van der Waals surface area (Å²) in [5.41, 5.74) is 1.02. The van der Waals surface area contributed by atoms with Gasteiger partial charge < -0.3 is 0 Å². The summed E-state index contributed by atoms with van der Waals surface area (Å²) < 4.78 is 23.4. The van der Waals surface area contributed by atoms with Gasteiger partial charge in [0.05, 0.1) is 10.1 Å². The molecule has 90 valence electrons. The van der Waals surface area contributed by atoms with E-state index in [-0.39, 0.29) is 10.1 Å². The van der Waals surface area contributed by atoms with Crippen LogP contribution in [0.4, 0.5) is 0 Å². The Morgan fingerprint density at radius 3 is 2.25 bits per heavy atom. The van der Waals surface area contributed by atoms with E-state index in [1.165, 1.54) is 6.26 Å². The van der Waals surface area contributed by atoms with E-state index >= 15 is 0 Å². The summed E-state index contributed by atoms with van der Waals surface area (Å²) in [4.78, 5) is -0.122. The van der Waals surface area contributed by atoms with Gasteiger partial charge in [0.1, 0.15) is 0 Å². The van der Waals surface area contributed by atoms with Crippen molar-refractivity contribution in [2.45, 2.75) is 29.8 Å². The van der Waals surface area contributed by atoms with Crippen LogP contribution in [0.15, 0.2) is 30.3 Å². The molecule has 0 radical (unpaired) electrons. The van der Waals surface area contributed by atoms with E-state index in [2.05, 4.69) is 15.9 Å². The molecule has 16 heavy (non-hydrogen) atoms. The zero-order chi connectivity index (χ0) is 12.2. The fourth-order valence-corrected chi connectivity index (χ4v) is 4.71. The highest BCUT2D eigenvalue weighted by atomic mass is 79.9. The van der Waals surface area contributed by atoms with Crippen molar-refractivity contribution in [2.24, 2.45) is 0 Å².